The van der Waals surface area contributed by atoms with E-state index in [0.29, 0.717) is 17.4 Å². The minimum absolute atomic E-state index is 0.119. The SMILES string of the molecule is C[C@@H](c1cn2ncccc2n1)C1CCC(c2cc(=O)[nH]c3ccc(F)cc23)CC1. The summed E-state index contributed by atoms with van der Waals surface area (Å²) in [5, 5.41) is 5.14. The molecule has 1 aliphatic carbocycles. The van der Waals surface area contributed by atoms with Gasteiger partial charge in [0.1, 0.15) is 5.82 Å². The van der Waals surface area contributed by atoms with Gasteiger partial charge in [-0.25, -0.2) is 13.9 Å². The summed E-state index contributed by atoms with van der Waals surface area (Å²) in [6, 6.07) is 10.1. The van der Waals surface area contributed by atoms with E-state index in [0.717, 1.165) is 48.0 Å². The van der Waals surface area contributed by atoms with Gasteiger partial charge in [-0.1, -0.05) is 6.92 Å². The lowest BCUT2D eigenvalue weighted by Crippen LogP contribution is -2.20. The number of imidazole rings is 1. The molecule has 3 heterocycles. The van der Waals surface area contributed by atoms with Gasteiger partial charge in [0.15, 0.2) is 5.65 Å². The first-order chi connectivity index (χ1) is 14.1. The number of nitrogens with zero attached hydrogens (tertiary/aromatic N) is 3. The van der Waals surface area contributed by atoms with Gasteiger partial charge in [0.2, 0.25) is 5.56 Å². The number of hydrogen-bond donors (Lipinski definition) is 1. The number of pyridine rings is 1. The second-order valence-electron chi connectivity index (χ2n) is 8.17. The van der Waals surface area contributed by atoms with Crippen LogP contribution >= 0.6 is 0 Å². The Kier molecular flexibility index (Phi) is 4.42. The number of benzene rings is 1. The highest BCUT2D eigenvalue weighted by Crippen LogP contribution is 2.42. The third-order valence-corrected chi connectivity index (χ3v) is 6.48. The molecule has 0 radical (unpaired) electrons. The highest BCUT2D eigenvalue weighted by Gasteiger charge is 2.29. The molecule has 29 heavy (non-hydrogen) atoms. The Morgan fingerprint density at radius 3 is 2.79 bits per heavy atom. The van der Waals surface area contributed by atoms with Gasteiger partial charge < -0.3 is 4.98 Å². The maximum absolute atomic E-state index is 13.8. The molecule has 0 unspecified atom stereocenters. The molecule has 4 aromatic rings. The third kappa shape index (κ3) is 3.33. The Bertz CT molecular complexity index is 1200. The zero-order chi connectivity index (χ0) is 20.0. The zero-order valence-electron chi connectivity index (χ0n) is 16.3. The fourth-order valence-corrected chi connectivity index (χ4v) is 4.83. The van der Waals surface area contributed by atoms with Gasteiger partial charge in [-0.05, 0) is 73.4 Å². The Balaban J connectivity index is 1.37. The van der Waals surface area contributed by atoms with Crippen molar-refractivity contribution in [1.29, 1.82) is 0 Å². The summed E-state index contributed by atoms with van der Waals surface area (Å²) in [6.07, 6.45) is 7.92. The molecular weight excluding hydrogens is 367 g/mol. The van der Waals surface area contributed by atoms with Crippen LogP contribution in [0, 0.1) is 11.7 Å². The molecule has 6 heteroatoms. The van der Waals surface area contributed by atoms with E-state index in [9.17, 15) is 9.18 Å². The lowest BCUT2D eigenvalue weighted by atomic mass is 9.73. The van der Waals surface area contributed by atoms with E-state index in [4.69, 9.17) is 4.98 Å². The van der Waals surface area contributed by atoms with Crippen LogP contribution in [0.2, 0.25) is 0 Å². The van der Waals surface area contributed by atoms with E-state index < -0.39 is 0 Å². The van der Waals surface area contributed by atoms with Gasteiger partial charge in [0.05, 0.1) is 11.9 Å². The first kappa shape index (κ1) is 18.0. The van der Waals surface area contributed by atoms with Crippen LogP contribution in [0.25, 0.3) is 16.6 Å². The monoisotopic (exact) mass is 390 g/mol. The van der Waals surface area contributed by atoms with Crippen LogP contribution in [0.1, 0.15) is 55.7 Å². The summed E-state index contributed by atoms with van der Waals surface area (Å²) in [5.41, 5.74) is 3.52. The maximum atomic E-state index is 13.8. The van der Waals surface area contributed by atoms with Gasteiger partial charge in [-0.15, -0.1) is 0 Å². The lowest BCUT2D eigenvalue weighted by Gasteiger charge is -2.32. The summed E-state index contributed by atoms with van der Waals surface area (Å²) >= 11 is 0. The van der Waals surface area contributed by atoms with Crippen LogP contribution in [0.15, 0.2) is 53.6 Å². The molecule has 3 aromatic heterocycles. The second kappa shape index (κ2) is 7.10. The zero-order valence-corrected chi connectivity index (χ0v) is 16.3. The highest BCUT2D eigenvalue weighted by molar-refractivity contribution is 5.82. The number of halogens is 1. The van der Waals surface area contributed by atoms with Crippen molar-refractivity contribution in [3.63, 3.8) is 0 Å². The average molecular weight is 390 g/mol. The van der Waals surface area contributed by atoms with Crippen molar-refractivity contribution in [3.05, 3.63) is 76.2 Å². The number of rotatable bonds is 3. The molecule has 5 nitrogen and oxygen atoms in total. The predicted molar refractivity (Wildman–Crippen MR) is 111 cm³/mol. The standard InChI is InChI=1S/C23H23FN4O/c1-14(21-13-28-22(26-21)3-2-10-25-28)15-4-6-16(7-5-15)18-12-23(29)27-20-9-8-17(24)11-19(18)20/h2-3,8-16H,4-7H2,1H3,(H,27,29)/t14-,15?,16?/m1/s1. The molecule has 1 aliphatic rings. The number of nitrogens with one attached hydrogen (secondary N) is 1. The maximum Gasteiger partial charge on any atom is 0.248 e. The highest BCUT2D eigenvalue weighted by atomic mass is 19.1. The van der Waals surface area contributed by atoms with Gasteiger partial charge in [-0.2, -0.15) is 5.10 Å². The number of aromatic nitrogens is 4. The predicted octanol–water partition coefficient (Wildman–Crippen LogP) is 4.79. The van der Waals surface area contributed by atoms with E-state index in [2.05, 4.69) is 17.0 Å². The number of aromatic amines is 1. The van der Waals surface area contributed by atoms with Crippen LogP contribution in [-0.4, -0.2) is 19.6 Å². The smallest absolute Gasteiger partial charge is 0.248 e. The topological polar surface area (TPSA) is 63.1 Å². The van der Waals surface area contributed by atoms with Crippen molar-refractivity contribution in [3.8, 4) is 0 Å². The molecule has 1 aromatic carbocycles. The molecule has 1 atom stereocenters. The fourth-order valence-electron chi connectivity index (χ4n) is 4.83. The molecule has 1 N–H and O–H groups in total. The summed E-state index contributed by atoms with van der Waals surface area (Å²) in [7, 11) is 0. The van der Waals surface area contributed by atoms with Crippen molar-refractivity contribution in [2.45, 2.75) is 44.4 Å². The van der Waals surface area contributed by atoms with Crippen molar-refractivity contribution >= 4 is 16.6 Å². The molecule has 0 aliphatic heterocycles. The number of fused-ring (bicyclic) bond motifs is 2. The Labute approximate surface area is 167 Å². The largest absolute Gasteiger partial charge is 0.322 e. The van der Waals surface area contributed by atoms with E-state index in [1.54, 1.807) is 24.4 Å². The summed E-state index contributed by atoms with van der Waals surface area (Å²) in [5.74, 6) is 0.911. The number of hydrogen-bond acceptors (Lipinski definition) is 3. The normalized spacial score (nSPS) is 20.9. The van der Waals surface area contributed by atoms with Crippen LogP contribution in [0.3, 0.4) is 0 Å². The van der Waals surface area contributed by atoms with E-state index >= 15 is 0 Å². The summed E-state index contributed by atoms with van der Waals surface area (Å²) in [6.45, 7) is 2.24. The minimum Gasteiger partial charge on any atom is -0.322 e. The molecule has 1 fully saturated rings. The Hall–Kier alpha value is -3.02. The molecular formula is C23H23FN4O. The van der Waals surface area contributed by atoms with Gasteiger partial charge in [-0.3, -0.25) is 4.79 Å². The fraction of sp³-hybridized carbons (Fsp3) is 0.348. The quantitative estimate of drug-likeness (QED) is 0.547. The average Bonchev–Trinajstić information content (AvgIpc) is 3.17. The van der Waals surface area contributed by atoms with Crippen LogP contribution in [0.4, 0.5) is 4.39 Å². The molecule has 1 saturated carbocycles. The van der Waals surface area contributed by atoms with E-state index in [-0.39, 0.29) is 17.3 Å². The van der Waals surface area contributed by atoms with E-state index in [1.807, 2.05) is 22.8 Å². The Morgan fingerprint density at radius 2 is 2.00 bits per heavy atom. The first-order valence-corrected chi connectivity index (χ1v) is 10.2. The van der Waals surface area contributed by atoms with Crippen LogP contribution < -0.4 is 5.56 Å². The van der Waals surface area contributed by atoms with E-state index in [1.165, 1.54) is 6.07 Å². The van der Waals surface area contributed by atoms with Crippen molar-refractivity contribution in [2.75, 3.05) is 0 Å². The van der Waals surface area contributed by atoms with Crippen molar-refractivity contribution in [2.24, 2.45) is 5.92 Å². The number of H-pyrrole nitrogens is 1. The Morgan fingerprint density at radius 1 is 1.17 bits per heavy atom. The van der Waals surface area contributed by atoms with Gasteiger partial charge in [0.25, 0.3) is 0 Å². The summed E-state index contributed by atoms with van der Waals surface area (Å²) in [4.78, 5) is 19.7. The molecule has 0 saturated heterocycles. The second-order valence-corrected chi connectivity index (χ2v) is 8.17. The molecule has 0 bridgehead atoms. The van der Waals surface area contributed by atoms with Gasteiger partial charge >= 0.3 is 0 Å². The van der Waals surface area contributed by atoms with Crippen LogP contribution in [0.5, 0.6) is 0 Å². The third-order valence-electron chi connectivity index (χ3n) is 6.48. The minimum atomic E-state index is -0.270. The van der Waals surface area contributed by atoms with Crippen LogP contribution in [-0.2, 0) is 0 Å². The molecule has 0 spiro atoms. The molecule has 148 valence electrons. The summed E-state index contributed by atoms with van der Waals surface area (Å²) < 4.78 is 15.6. The first-order valence-electron chi connectivity index (χ1n) is 10.2. The van der Waals surface area contributed by atoms with Crippen molar-refractivity contribution < 1.29 is 4.39 Å². The molecule has 5 rings (SSSR count). The lowest BCUT2D eigenvalue weighted by molar-refractivity contribution is 0.289. The van der Waals surface area contributed by atoms with Gasteiger partial charge in [0, 0.05) is 29.1 Å². The molecule has 0 amide bonds. The van der Waals surface area contributed by atoms with Crippen molar-refractivity contribution in [1.82, 2.24) is 19.6 Å².